The average molecular weight is 441 g/mol. The smallest absolute Gasteiger partial charge is 0.409 e. The van der Waals surface area contributed by atoms with Crippen LogP contribution in [0.15, 0.2) is 53.5 Å². The number of hydrogen-bond acceptors (Lipinski definition) is 5. The molecule has 32 heavy (non-hydrogen) atoms. The molecule has 1 heterocycles. The van der Waals surface area contributed by atoms with Gasteiger partial charge in [-0.05, 0) is 42.8 Å². The molecular formula is C23H28N4O5. The van der Waals surface area contributed by atoms with Crippen LogP contribution in [0.2, 0.25) is 0 Å². The highest BCUT2D eigenvalue weighted by Gasteiger charge is 2.24. The number of nitrogens with zero attached hydrogens (tertiary/aromatic N) is 3. The summed E-state index contributed by atoms with van der Waals surface area (Å²) in [6, 6.07) is 14.3. The maximum absolute atomic E-state index is 12.0. The predicted octanol–water partition coefficient (Wildman–Crippen LogP) is 3.14. The monoisotopic (exact) mass is 440 g/mol. The van der Waals surface area contributed by atoms with Gasteiger partial charge in [-0.1, -0.05) is 18.2 Å². The number of carbonyl (C=O) groups excluding carboxylic acids is 1. The maximum atomic E-state index is 12.0. The molecule has 1 aliphatic rings. The van der Waals surface area contributed by atoms with Crippen molar-refractivity contribution in [2.45, 2.75) is 13.5 Å². The average Bonchev–Trinajstić information content (AvgIpc) is 2.82. The topological polar surface area (TPSA) is 104 Å². The Kier molecular flexibility index (Phi) is 7.91. The molecule has 0 radical (unpaired) electrons. The van der Waals surface area contributed by atoms with Crippen molar-refractivity contribution in [3.8, 4) is 5.75 Å². The van der Waals surface area contributed by atoms with Gasteiger partial charge >= 0.3 is 12.1 Å². The van der Waals surface area contributed by atoms with Crippen molar-refractivity contribution in [2.75, 3.05) is 45.2 Å². The third kappa shape index (κ3) is 6.13. The lowest BCUT2D eigenvalue weighted by Crippen LogP contribution is -2.52. The molecule has 1 fully saturated rings. The molecule has 2 aromatic carbocycles. The molecule has 0 bridgehead atoms. The number of nitrogens with one attached hydrogen (secondary N) is 1. The molecule has 0 unspecified atom stereocenters. The molecule has 0 aromatic heterocycles. The van der Waals surface area contributed by atoms with E-state index >= 15 is 0 Å². The number of rotatable bonds is 6. The number of piperazine rings is 1. The van der Waals surface area contributed by atoms with Gasteiger partial charge in [0.1, 0.15) is 5.75 Å². The van der Waals surface area contributed by atoms with Gasteiger partial charge in [0.2, 0.25) is 0 Å². The Hall–Kier alpha value is -3.75. The second kappa shape index (κ2) is 11.0. The van der Waals surface area contributed by atoms with Crippen molar-refractivity contribution in [3.63, 3.8) is 0 Å². The van der Waals surface area contributed by atoms with E-state index in [4.69, 9.17) is 14.5 Å². The summed E-state index contributed by atoms with van der Waals surface area (Å²) in [7, 11) is 1.62. The van der Waals surface area contributed by atoms with Crippen LogP contribution in [-0.2, 0) is 11.3 Å². The first kappa shape index (κ1) is 22.9. The van der Waals surface area contributed by atoms with Crippen LogP contribution in [0, 0.1) is 0 Å². The Bertz CT molecular complexity index is 970. The van der Waals surface area contributed by atoms with Crippen LogP contribution in [0.25, 0.3) is 0 Å². The van der Waals surface area contributed by atoms with Gasteiger partial charge < -0.3 is 29.7 Å². The lowest BCUT2D eigenvalue weighted by Gasteiger charge is -2.36. The van der Waals surface area contributed by atoms with Crippen LogP contribution in [0.4, 0.5) is 10.5 Å². The van der Waals surface area contributed by atoms with E-state index in [1.165, 1.54) is 0 Å². The number of aliphatic imine (C=N–C) groups is 1. The number of aromatic carboxylic acids is 1. The Morgan fingerprint density at radius 2 is 1.78 bits per heavy atom. The van der Waals surface area contributed by atoms with Crippen LogP contribution < -0.4 is 10.1 Å². The van der Waals surface area contributed by atoms with Crippen molar-refractivity contribution in [2.24, 2.45) is 4.99 Å². The molecule has 170 valence electrons. The second-order valence-electron chi connectivity index (χ2n) is 7.18. The summed E-state index contributed by atoms with van der Waals surface area (Å²) in [5, 5.41) is 12.5. The van der Waals surface area contributed by atoms with E-state index in [0.29, 0.717) is 51.0 Å². The van der Waals surface area contributed by atoms with E-state index in [1.807, 2.05) is 29.2 Å². The molecule has 0 saturated carbocycles. The van der Waals surface area contributed by atoms with Crippen molar-refractivity contribution in [1.29, 1.82) is 0 Å². The first-order valence-electron chi connectivity index (χ1n) is 10.4. The number of carbonyl (C=O) groups is 2. The minimum atomic E-state index is -0.994. The van der Waals surface area contributed by atoms with Crippen LogP contribution in [0.3, 0.4) is 0 Å². The highest BCUT2D eigenvalue weighted by Crippen LogP contribution is 2.16. The van der Waals surface area contributed by atoms with Gasteiger partial charge in [0, 0.05) is 31.9 Å². The molecule has 1 amide bonds. The summed E-state index contributed by atoms with van der Waals surface area (Å²) >= 11 is 0. The van der Waals surface area contributed by atoms with Crippen molar-refractivity contribution in [1.82, 2.24) is 9.80 Å². The summed E-state index contributed by atoms with van der Waals surface area (Å²) in [5.74, 6) is 0.370. The van der Waals surface area contributed by atoms with Gasteiger partial charge in [0.15, 0.2) is 5.96 Å². The van der Waals surface area contributed by atoms with E-state index in [9.17, 15) is 14.7 Å². The fraction of sp³-hybridized carbons (Fsp3) is 0.348. The highest BCUT2D eigenvalue weighted by molar-refractivity contribution is 5.96. The number of methoxy groups -OCH3 is 1. The largest absolute Gasteiger partial charge is 0.497 e. The molecule has 2 aromatic rings. The molecule has 1 saturated heterocycles. The molecule has 9 nitrogen and oxygen atoms in total. The first-order valence-corrected chi connectivity index (χ1v) is 10.4. The van der Waals surface area contributed by atoms with Crippen molar-refractivity contribution in [3.05, 3.63) is 59.7 Å². The molecule has 0 aliphatic carbocycles. The SMILES string of the molecule is CCOC(=O)N1CCN(C(=NCc2cccc(OC)c2)Nc2cccc(C(=O)O)c2)CC1. The lowest BCUT2D eigenvalue weighted by atomic mass is 10.2. The van der Waals surface area contributed by atoms with Gasteiger partial charge in [-0.15, -0.1) is 0 Å². The van der Waals surface area contributed by atoms with E-state index in [1.54, 1.807) is 43.2 Å². The summed E-state index contributed by atoms with van der Waals surface area (Å²) in [4.78, 5) is 31.8. The molecule has 0 spiro atoms. The number of anilines is 1. The Morgan fingerprint density at radius 3 is 2.47 bits per heavy atom. The van der Waals surface area contributed by atoms with E-state index in [2.05, 4.69) is 5.32 Å². The van der Waals surface area contributed by atoms with E-state index in [-0.39, 0.29) is 11.7 Å². The number of carboxylic acids is 1. The third-order valence-electron chi connectivity index (χ3n) is 5.02. The van der Waals surface area contributed by atoms with Crippen molar-refractivity contribution >= 4 is 23.7 Å². The number of amides is 1. The van der Waals surface area contributed by atoms with Gasteiger partial charge in [-0.3, -0.25) is 0 Å². The Morgan fingerprint density at radius 1 is 1.06 bits per heavy atom. The van der Waals surface area contributed by atoms with Crippen LogP contribution in [-0.4, -0.2) is 72.8 Å². The lowest BCUT2D eigenvalue weighted by molar-refractivity contribution is 0.0696. The molecule has 0 atom stereocenters. The minimum absolute atomic E-state index is 0.189. The third-order valence-corrected chi connectivity index (χ3v) is 5.02. The van der Waals surface area contributed by atoms with Crippen molar-refractivity contribution < 1.29 is 24.2 Å². The van der Waals surface area contributed by atoms with Crippen LogP contribution in [0.5, 0.6) is 5.75 Å². The van der Waals surface area contributed by atoms with E-state index < -0.39 is 5.97 Å². The van der Waals surface area contributed by atoms with Crippen LogP contribution >= 0.6 is 0 Å². The van der Waals surface area contributed by atoms with Crippen LogP contribution in [0.1, 0.15) is 22.8 Å². The summed E-state index contributed by atoms with van der Waals surface area (Å²) in [6.07, 6.45) is -0.316. The predicted molar refractivity (Wildman–Crippen MR) is 121 cm³/mol. The molecular weight excluding hydrogens is 412 g/mol. The van der Waals surface area contributed by atoms with Gasteiger partial charge in [0.25, 0.3) is 0 Å². The Balaban J connectivity index is 1.78. The zero-order valence-electron chi connectivity index (χ0n) is 18.3. The Labute approximate surface area is 187 Å². The minimum Gasteiger partial charge on any atom is -0.497 e. The number of carboxylic acid groups (broad SMARTS) is 1. The zero-order valence-corrected chi connectivity index (χ0v) is 18.3. The maximum Gasteiger partial charge on any atom is 0.409 e. The molecule has 9 heteroatoms. The molecule has 3 rings (SSSR count). The van der Waals surface area contributed by atoms with Gasteiger partial charge in [0.05, 0.1) is 25.8 Å². The summed E-state index contributed by atoms with van der Waals surface area (Å²) < 4.78 is 10.4. The number of benzene rings is 2. The van der Waals surface area contributed by atoms with Gasteiger partial charge in [-0.25, -0.2) is 14.6 Å². The summed E-state index contributed by atoms with van der Waals surface area (Å²) in [6.45, 7) is 4.70. The first-order chi connectivity index (χ1) is 15.5. The fourth-order valence-electron chi connectivity index (χ4n) is 3.33. The highest BCUT2D eigenvalue weighted by atomic mass is 16.6. The summed E-state index contributed by atoms with van der Waals surface area (Å²) in [5.41, 5.74) is 1.80. The standard InChI is InChI=1S/C23H28N4O5/c1-3-32-23(30)27-12-10-26(11-13-27)22(24-16-17-6-4-9-20(14-17)31-2)25-19-8-5-7-18(15-19)21(28)29/h4-9,14-15H,3,10-13,16H2,1-2H3,(H,24,25)(H,28,29). The normalized spacial score (nSPS) is 14.1. The quantitative estimate of drug-likeness (QED) is 0.525. The fourth-order valence-corrected chi connectivity index (χ4v) is 3.33. The number of hydrogen-bond donors (Lipinski definition) is 2. The molecule has 2 N–H and O–H groups in total. The number of guanidine groups is 1. The van der Waals surface area contributed by atoms with Gasteiger partial charge in [-0.2, -0.15) is 0 Å². The van der Waals surface area contributed by atoms with E-state index in [0.717, 1.165) is 11.3 Å². The molecule has 1 aliphatic heterocycles. The zero-order chi connectivity index (χ0) is 22.9. The number of ether oxygens (including phenoxy) is 2. The second-order valence-corrected chi connectivity index (χ2v) is 7.18.